The van der Waals surface area contributed by atoms with Crippen LogP contribution < -0.4 is 0 Å². The number of benzene rings is 2. The van der Waals surface area contributed by atoms with Crippen molar-refractivity contribution in [2.45, 2.75) is 11.8 Å². The fourth-order valence-corrected chi connectivity index (χ4v) is 3.15. The molecule has 0 heterocycles. The van der Waals surface area contributed by atoms with Gasteiger partial charge >= 0.3 is 5.97 Å². The summed E-state index contributed by atoms with van der Waals surface area (Å²) in [6.45, 7) is 0. The number of methoxy groups -OCH3 is 1. The Bertz CT molecular complexity index is 722. The molecule has 1 aliphatic carbocycles. The van der Waals surface area contributed by atoms with E-state index >= 15 is 0 Å². The summed E-state index contributed by atoms with van der Waals surface area (Å²) in [5, 5.41) is 0. The van der Waals surface area contributed by atoms with E-state index in [-0.39, 0.29) is 17.6 Å². The van der Waals surface area contributed by atoms with Crippen LogP contribution in [-0.4, -0.2) is 13.1 Å². The van der Waals surface area contributed by atoms with Gasteiger partial charge < -0.3 is 4.74 Å². The highest BCUT2D eigenvalue weighted by atomic mass is 19.1. The third-order valence-corrected chi connectivity index (χ3v) is 4.36. The van der Waals surface area contributed by atoms with E-state index in [1.54, 1.807) is 18.2 Å². The van der Waals surface area contributed by atoms with Crippen molar-refractivity contribution in [2.24, 2.45) is 5.92 Å². The predicted octanol–water partition coefficient (Wildman–Crippen LogP) is 4.00. The van der Waals surface area contributed by atoms with E-state index in [0.29, 0.717) is 6.42 Å². The molecule has 0 unspecified atom stereocenters. The number of ether oxygens (including phenoxy) is 1. The van der Waals surface area contributed by atoms with Crippen LogP contribution in [0.15, 0.2) is 60.7 Å². The van der Waals surface area contributed by atoms with Gasteiger partial charge in [0.2, 0.25) is 0 Å². The van der Waals surface area contributed by atoms with Crippen molar-refractivity contribution < 1.29 is 18.3 Å². The van der Waals surface area contributed by atoms with Crippen molar-refractivity contribution in [3.05, 3.63) is 83.4 Å². The van der Waals surface area contributed by atoms with Crippen molar-refractivity contribution in [3.8, 4) is 0 Å². The van der Waals surface area contributed by atoms with Gasteiger partial charge in [-0.3, -0.25) is 0 Å². The first-order valence-corrected chi connectivity index (χ1v) is 7.34. The molecule has 0 aromatic heterocycles. The molecule has 0 spiro atoms. The van der Waals surface area contributed by atoms with Gasteiger partial charge in [0, 0.05) is 11.5 Å². The molecule has 0 saturated heterocycles. The Hall–Kier alpha value is -2.49. The van der Waals surface area contributed by atoms with Crippen molar-refractivity contribution in [1.82, 2.24) is 0 Å². The fourth-order valence-electron chi connectivity index (χ4n) is 3.15. The van der Waals surface area contributed by atoms with Gasteiger partial charge in [-0.15, -0.1) is 0 Å². The van der Waals surface area contributed by atoms with Crippen molar-refractivity contribution in [2.75, 3.05) is 7.11 Å². The molecule has 0 N–H and O–H groups in total. The van der Waals surface area contributed by atoms with E-state index in [1.807, 2.05) is 12.1 Å². The summed E-state index contributed by atoms with van der Waals surface area (Å²) in [4.78, 5) is 11.3. The maximum absolute atomic E-state index is 13.6. The Morgan fingerprint density at radius 3 is 2.17 bits per heavy atom. The summed E-state index contributed by atoms with van der Waals surface area (Å²) < 4.78 is 31.9. The van der Waals surface area contributed by atoms with E-state index in [9.17, 15) is 13.6 Å². The molecule has 1 atom stereocenters. The lowest BCUT2D eigenvalue weighted by Gasteiger charge is -2.18. The summed E-state index contributed by atoms with van der Waals surface area (Å²) in [5.41, 5.74) is 1.06. The van der Waals surface area contributed by atoms with E-state index in [4.69, 9.17) is 0 Å². The van der Waals surface area contributed by atoms with Gasteiger partial charge in [0.05, 0.1) is 7.11 Å². The molecule has 1 fully saturated rings. The molecule has 1 saturated carbocycles. The highest BCUT2D eigenvalue weighted by Crippen LogP contribution is 2.59. The zero-order chi connectivity index (χ0) is 16.4. The number of hydrogen-bond donors (Lipinski definition) is 0. The third-order valence-electron chi connectivity index (χ3n) is 4.36. The zero-order valence-electron chi connectivity index (χ0n) is 12.6. The molecule has 0 bridgehead atoms. The molecular formula is C19H16F2O2. The number of hydrogen-bond acceptors (Lipinski definition) is 2. The number of carbonyl (C=O) groups excluding carboxylic acids is 1. The molecule has 23 heavy (non-hydrogen) atoms. The van der Waals surface area contributed by atoms with Crippen LogP contribution in [0.3, 0.4) is 0 Å². The minimum Gasteiger partial charge on any atom is -0.466 e. The molecule has 2 aromatic rings. The number of halogens is 2. The van der Waals surface area contributed by atoms with Gasteiger partial charge in [0.25, 0.3) is 0 Å². The molecule has 0 aliphatic heterocycles. The first-order chi connectivity index (χ1) is 11.1. The molecule has 4 heteroatoms. The quantitative estimate of drug-likeness (QED) is 0.630. The SMILES string of the molecule is COC(=O)/C=C/[C@H]1CC1(c1cccc(F)c1)c1cccc(F)c1. The van der Waals surface area contributed by atoms with Gasteiger partial charge in [0.1, 0.15) is 11.6 Å². The predicted molar refractivity (Wildman–Crippen MR) is 82.8 cm³/mol. The normalized spacial score (nSPS) is 18.8. The topological polar surface area (TPSA) is 26.3 Å². The lowest BCUT2D eigenvalue weighted by molar-refractivity contribution is -0.134. The van der Waals surface area contributed by atoms with Crippen LogP contribution in [0, 0.1) is 17.6 Å². The van der Waals surface area contributed by atoms with Gasteiger partial charge in [0.15, 0.2) is 0 Å². The van der Waals surface area contributed by atoms with E-state index < -0.39 is 11.4 Å². The summed E-state index contributed by atoms with van der Waals surface area (Å²) in [6.07, 6.45) is 3.81. The van der Waals surface area contributed by atoms with Crippen molar-refractivity contribution in [1.29, 1.82) is 0 Å². The second-order valence-corrected chi connectivity index (χ2v) is 5.68. The largest absolute Gasteiger partial charge is 0.466 e. The van der Waals surface area contributed by atoms with Crippen molar-refractivity contribution in [3.63, 3.8) is 0 Å². The average molecular weight is 314 g/mol. The summed E-state index contributed by atoms with van der Waals surface area (Å²) >= 11 is 0. The number of esters is 1. The van der Waals surface area contributed by atoms with E-state index in [0.717, 1.165) is 11.1 Å². The van der Waals surface area contributed by atoms with Gasteiger partial charge in [-0.2, -0.15) is 0 Å². The Kier molecular flexibility index (Phi) is 3.99. The number of carbonyl (C=O) groups is 1. The maximum atomic E-state index is 13.6. The first-order valence-electron chi connectivity index (χ1n) is 7.34. The average Bonchev–Trinajstić information content (AvgIpc) is 3.28. The van der Waals surface area contributed by atoms with Gasteiger partial charge in [-0.1, -0.05) is 30.3 Å². The Labute approximate surface area is 133 Å². The standard InChI is InChI=1S/C19H16F2O2/c1-23-18(22)9-8-15-12-19(15,13-4-2-6-16(20)10-13)14-5-3-7-17(21)11-14/h2-11,15H,12H2,1H3/b9-8+/t15-/m0/s1. The minimum absolute atomic E-state index is 0.00907. The molecule has 2 nitrogen and oxygen atoms in total. The molecule has 0 radical (unpaired) electrons. The second kappa shape index (κ2) is 5.95. The van der Waals surface area contributed by atoms with Gasteiger partial charge in [-0.05, 0) is 47.7 Å². The van der Waals surface area contributed by atoms with Gasteiger partial charge in [-0.25, -0.2) is 13.6 Å². The first kappa shape index (κ1) is 15.4. The highest BCUT2D eigenvalue weighted by Gasteiger charge is 2.55. The molecule has 2 aromatic carbocycles. The number of allylic oxidation sites excluding steroid dienone is 1. The van der Waals surface area contributed by atoms with Crippen LogP contribution in [0.25, 0.3) is 0 Å². The van der Waals surface area contributed by atoms with E-state index in [1.165, 1.54) is 37.5 Å². The molecule has 0 amide bonds. The zero-order valence-corrected chi connectivity index (χ0v) is 12.6. The Morgan fingerprint density at radius 1 is 1.13 bits per heavy atom. The lowest BCUT2D eigenvalue weighted by atomic mass is 9.85. The van der Waals surface area contributed by atoms with Crippen LogP contribution in [0.4, 0.5) is 8.78 Å². The van der Waals surface area contributed by atoms with Crippen LogP contribution >= 0.6 is 0 Å². The van der Waals surface area contributed by atoms with Crippen LogP contribution in [0.2, 0.25) is 0 Å². The molecule has 1 aliphatic rings. The maximum Gasteiger partial charge on any atom is 0.330 e. The molecule has 3 rings (SSSR count). The Balaban J connectivity index is 2.03. The minimum atomic E-state index is -0.505. The number of rotatable bonds is 4. The van der Waals surface area contributed by atoms with Crippen LogP contribution in [0.5, 0.6) is 0 Å². The fraction of sp³-hybridized carbons (Fsp3) is 0.211. The molecule has 118 valence electrons. The smallest absolute Gasteiger partial charge is 0.330 e. The van der Waals surface area contributed by atoms with Crippen molar-refractivity contribution >= 4 is 5.97 Å². The lowest BCUT2D eigenvalue weighted by Crippen LogP contribution is -2.12. The molecular weight excluding hydrogens is 298 g/mol. The summed E-state index contributed by atoms with van der Waals surface area (Å²) in [6, 6.07) is 12.7. The summed E-state index contributed by atoms with van der Waals surface area (Å²) in [5.74, 6) is -1.11. The highest BCUT2D eigenvalue weighted by molar-refractivity contribution is 5.82. The van der Waals surface area contributed by atoms with Crippen LogP contribution in [0.1, 0.15) is 17.5 Å². The van der Waals surface area contributed by atoms with E-state index in [2.05, 4.69) is 4.74 Å². The summed E-state index contributed by atoms with van der Waals surface area (Å²) in [7, 11) is 1.31. The second-order valence-electron chi connectivity index (χ2n) is 5.68. The Morgan fingerprint density at radius 2 is 1.70 bits per heavy atom. The third kappa shape index (κ3) is 2.89. The van der Waals surface area contributed by atoms with Crippen LogP contribution in [-0.2, 0) is 14.9 Å². The monoisotopic (exact) mass is 314 g/mol.